The molecule has 0 radical (unpaired) electrons. The van der Waals surface area contributed by atoms with Gasteiger partial charge in [0.25, 0.3) is 5.91 Å². The number of likely N-dealkylation sites (tertiary alicyclic amines) is 1. The van der Waals surface area contributed by atoms with Crippen LogP contribution in [0.15, 0.2) is 48.1 Å². The number of unbranched alkanes of at least 4 members (excludes halogenated alkanes) is 1. The van der Waals surface area contributed by atoms with Gasteiger partial charge in [-0.05, 0) is 94.2 Å². The molecule has 5 atom stereocenters. The van der Waals surface area contributed by atoms with Gasteiger partial charge in [-0.1, -0.05) is 55.7 Å². The van der Waals surface area contributed by atoms with Crippen molar-refractivity contribution in [3.63, 3.8) is 0 Å². The lowest BCUT2D eigenvalue weighted by Gasteiger charge is -2.26. The van der Waals surface area contributed by atoms with Crippen LogP contribution in [0.2, 0.25) is 0 Å². The number of piperidine rings is 1. The summed E-state index contributed by atoms with van der Waals surface area (Å²) in [5.41, 5.74) is 2.90. The molecule has 1 aromatic carbocycles. The topological polar surface area (TPSA) is 60.8 Å². The van der Waals surface area contributed by atoms with E-state index in [1.165, 1.54) is 17.6 Å². The predicted molar refractivity (Wildman–Crippen MR) is 142 cm³/mol. The van der Waals surface area contributed by atoms with Crippen molar-refractivity contribution in [1.29, 1.82) is 0 Å². The third-order valence-corrected chi connectivity index (χ3v) is 8.49. The Labute approximate surface area is 212 Å². The molecule has 0 spiro atoms. The molecule has 35 heavy (non-hydrogen) atoms. The Morgan fingerprint density at radius 2 is 2.00 bits per heavy atom. The summed E-state index contributed by atoms with van der Waals surface area (Å²) in [6.45, 7) is 5.84. The normalized spacial score (nSPS) is 28.2. The number of rotatable bonds is 10. The molecule has 0 bridgehead atoms. The first-order valence-corrected chi connectivity index (χ1v) is 14.0. The van der Waals surface area contributed by atoms with Gasteiger partial charge in [-0.15, -0.1) is 0 Å². The monoisotopic (exact) mass is 479 g/mol. The molecular formula is C31H45NO3. The van der Waals surface area contributed by atoms with Gasteiger partial charge in [-0.2, -0.15) is 0 Å². The van der Waals surface area contributed by atoms with Gasteiger partial charge in [-0.3, -0.25) is 4.79 Å². The van der Waals surface area contributed by atoms with E-state index in [1.807, 2.05) is 24.0 Å². The van der Waals surface area contributed by atoms with Crippen LogP contribution in [-0.4, -0.2) is 45.8 Å². The van der Waals surface area contributed by atoms with Crippen molar-refractivity contribution in [2.45, 2.75) is 96.2 Å². The summed E-state index contributed by atoms with van der Waals surface area (Å²) < 4.78 is 0. The van der Waals surface area contributed by atoms with Gasteiger partial charge >= 0.3 is 0 Å². The van der Waals surface area contributed by atoms with Crippen molar-refractivity contribution in [3.05, 3.63) is 59.2 Å². The van der Waals surface area contributed by atoms with Crippen molar-refractivity contribution < 1.29 is 15.0 Å². The molecule has 1 aromatic rings. The molecule has 4 nitrogen and oxygen atoms in total. The van der Waals surface area contributed by atoms with Gasteiger partial charge in [0.1, 0.15) is 0 Å². The minimum Gasteiger partial charge on any atom is -0.392 e. The first kappa shape index (κ1) is 26.2. The molecule has 192 valence electrons. The van der Waals surface area contributed by atoms with Gasteiger partial charge in [-0.25, -0.2) is 0 Å². The minimum absolute atomic E-state index is 0.179. The first-order chi connectivity index (χ1) is 16.9. The number of hydrogen-bond acceptors (Lipinski definition) is 3. The number of aryl methyl sites for hydroxylation is 1. The summed E-state index contributed by atoms with van der Waals surface area (Å²) >= 11 is 0. The fourth-order valence-electron chi connectivity index (χ4n) is 6.37. The zero-order valence-electron chi connectivity index (χ0n) is 21.8. The second-order valence-corrected chi connectivity index (χ2v) is 11.5. The van der Waals surface area contributed by atoms with Gasteiger partial charge in [0, 0.05) is 24.6 Å². The highest BCUT2D eigenvalue weighted by Gasteiger charge is 2.43. The lowest BCUT2D eigenvalue weighted by Crippen LogP contribution is -2.35. The van der Waals surface area contributed by atoms with E-state index in [2.05, 4.69) is 37.3 Å². The van der Waals surface area contributed by atoms with Crippen LogP contribution >= 0.6 is 0 Å². The van der Waals surface area contributed by atoms with Crippen LogP contribution in [0, 0.1) is 17.8 Å². The number of nitrogens with zero attached hydrogens (tertiary/aromatic N) is 1. The highest BCUT2D eigenvalue weighted by atomic mass is 16.3. The quantitative estimate of drug-likeness (QED) is 0.400. The van der Waals surface area contributed by atoms with E-state index < -0.39 is 5.60 Å². The molecular weight excluding hydrogens is 434 g/mol. The third-order valence-electron chi connectivity index (χ3n) is 8.49. The highest BCUT2D eigenvalue weighted by molar-refractivity contribution is 5.94. The molecule has 4 heteroatoms. The van der Waals surface area contributed by atoms with Crippen LogP contribution in [0.5, 0.6) is 0 Å². The van der Waals surface area contributed by atoms with Gasteiger partial charge in [0.05, 0.1) is 11.7 Å². The molecule has 2 aliphatic carbocycles. The molecule has 2 N–H and O–H groups in total. The van der Waals surface area contributed by atoms with Gasteiger partial charge in [0.15, 0.2) is 0 Å². The van der Waals surface area contributed by atoms with E-state index in [1.54, 1.807) is 0 Å². The molecule has 2 fully saturated rings. The van der Waals surface area contributed by atoms with Crippen molar-refractivity contribution in [2.75, 3.05) is 13.1 Å². The molecule has 1 saturated heterocycles. The lowest BCUT2D eigenvalue weighted by molar-refractivity contribution is 0.0513. The van der Waals surface area contributed by atoms with Crippen molar-refractivity contribution in [2.24, 2.45) is 17.8 Å². The predicted octanol–water partition coefficient (Wildman–Crippen LogP) is 6.08. The van der Waals surface area contributed by atoms with Crippen LogP contribution in [0.1, 0.15) is 94.0 Å². The van der Waals surface area contributed by atoms with Crippen LogP contribution < -0.4 is 0 Å². The zero-order chi connectivity index (χ0) is 24.8. The maximum atomic E-state index is 12.9. The molecule has 0 unspecified atom stereocenters. The van der Waals surface area contributed by atoms with Crippen molar-refractivity contribution in [1.82, 2.24) is 4.90 Å². The average Bonchev–Trinajstić information content (AvgIpc) is 3.38. The van der Waals surface area contributed by atoms with E-state index in [-0.39, 0.29) is 17.9 Å². The summed E-state index contributed by atoms with van der Waals surface area (Å²) in [6.07, 6.45) is 17.4. The number of hydrogen-bond donors (Lipinski definition) is 2. The summed E-state index contributed by atoms with van der Waals surface area (Å²) in [6, 6.07) is 8.21. The number of benzene rings is 1. The fourth-order valence-corrected chi connectivity index (χ4v) is 6.37. The average molecular weight is 480 g/mol. The molecule has 1 amide bonds. The Kier molecular flexibility index (Phi) is 8.88. The van der Waals surface area contributed by atoms with Gasteiger partial charge in [0.2, 0.25) is 0 Å². The Bertz CT molecular complexity index is 912. The number of aliphatic hydroxyl groups is 2. The Morgan fingerprint density at radius 1 is 1.20 bits per heavy atom. The summed E-state index contributed by atoms with van der Waals surface area (Å²) in [7, 11) is 0. The standard InChI is InChI=1S/C31H45NO3/c1-3-4-15-31(2,35)16-9-12-27-28-21-24(20-26(28)22-29(27)33)14-13-23-10-8-11-25(19-23)30(34)32-17-6-5-7-18-32/h8-12,19-20,26-29,33,35H,3-7,13-18,21-22H2,1-2H3/t26-,27+,28-,29+,31-/m0/s1. The van der Waals surface area contributed by atoms with E-state index in [4.69, 9.17) is 0 Å². The van der Waals surface area contributed by atoms with Crippen LogP contribution in [0.3, 0.4) is 0 Å². The smallest absolute Gasteiger partial charge is 0.253 e. The number of amides is 1. The summed E-state index contributed by atoms with van der Waals surface area (Å²) in [4.78, 5) is 14.9. The largest absolute Gasteiger partial charge is 0.392 e. The second kappa shape index (κ2) is 11.9. The Morgan fingerprint density at radius 3 is 2.77 bits per heavy atom. The highest BCUT2D eigenvalue weighted by Crippen LogP contribution is 2.48. The van der Waals surface area contributed by atoms with E-state index in [0.717, 1.165) is 76.4 Å². The summed E-state index contributed by atoms with van der Waals surface area (Å²) in [5, 5.41) is 21.2. The Balaban J connectivity index is 1.30. The van der Waals surface area contributed by atoms with Crippen LogP contribution in [0.25, 0.3) is 0 Å². The lowest BCUT2D eigenvalue weighted by atomic mass is 9.87. The fraction of sp³-hybridized carbons (Fsp3) is 0.645. The number of aliphatic hydroxyl groups excluding tert-OH is 1. The molecule has 1 aliphatic heterocycles. The van der Waals surface area contributed by atoms with E-state index in [9.17, 15) is 15.0 Å². The Hall–Kier alpha value is -1.91. The van der Waals surface area contributed by atoms with E-state index >= 15 is 0 Å². The van der Waals surface area contributed by atoms with Gasteiger partial charge < -0.3 is 15.1 Å². The van der Waals surface area contributed by atoms with Crippen molar-refractivity contribution in [3.8, 4) is 0 Å². The maximum absolute atomic E-state index is 12.9. The first-order valence-electron chi connectivity index (χ1n) is 14.0. The second-order valence-electron chi connectivity index (χ2n) is 11.5. The number of carbonyl (C=O) groups excluding carboxylic acids is 1. The van der Waals surface area contributed by atoms with Crippen LogP contribution in [0.4, 0.5) is 0 Å². The molecule has 3 aliphatic rings. The number of allylic oxidation sites excluding steroid dienone is 2. The molecule has 4 rings (SSSR count). The summed E-state index contributed by atoms with van der Waals surface area (Å²) in [5.74, 6) is 1.30. The maximum Gasteiger partial charge on any atom is 0.253 e. The number of fused-ring (bicyclic) bond motifs is 1. The molecule has 1 heterocycles. The molecule has 0 aromatic heterocycles. The zero-order valence-corrected chi connectivity index (χ0v) is 21.8. The number of carbonyl (C=O) groups is 1. The van der Waals surface area contributed by atoms with E-state index in [0.29, 0.717) is 18.3 Å². The minimum atomic E-state index is -0.654. The SMILES string of the molecule is CCCC[C@](C)(O)CC=C[C@@H]1[C@H]2CC(CCc3cccc(C(=O)N4CCCCC4)c3)=C[C@H]2C[C@H]1O. The third kappa shape index (κ3) is 6.86. The van der Waals surface area contributed by atoms with Crippen molar-refractivity contribution >= 4 is 5.91 Å². The molecule has 1 saturated carbocycles. The van der Waals surface area contributed by atoms with Crippen LogP contribution in [-0.2, 0) is 6.42 Å².